The van der Waals surface area contributed by atoms with Gasteiger partial charge in [-0.2, -0.15) is 0 Å². The third kappa shape index (κ3) is 6.18. The Morgan fingerprint density at radius 2 is 1.83 bits per heavy atom. The predicted octanol–water partition coefficient (Wildman–Crippen LogP) is 2.04. The lowest BCUT2D eigenvalue weighted by atomic mass is 9.78. The van der Waals surface area contributed by atoms with Crippen LogP contribution in [0.2, 0.25) is 0 Å². The molecule has 1 aromatic rings. The van der Waals surface area contributed by atoms with Gasteiger partial charge in [0.15, 0.2) is 0 Å². The molecular weight excluding hydrogens is 505 g/mol. The number of hydrogen-bond acceptors (Lipinski definition) is 6. The van der Waals surface area contributed by atoms with Gasteiger partial charge in [-0.15, -0.1) is 24.8 Å². The first-order valence-electron chi connectivity index (χ1n) is 12.9. The minimum Gasteiger partial charge on any atom is -0.390 e. The van der Waals surface area contributed by atoms with E-state index in [0.29, 0.717) is 39.0 Å². The molecule has 0 unspecified atom stereocenters. The number of piperazine rings is 1. The number of nitrogen functional groups attached to an aromatic ring is 1. The zero-order valence-corrected chi connectivity index (χ0v) is 22.7. The molecule has 5 N–H and O–H groups in total. The average Bonchev–Trinajstić information content (AvgIpc) is 2.85. The molecule has 2 atom stereocenters. The molecule has 2 saturated heterocycles. The summed E-state index contributed by atoms with van der Waals surface area (Å²) in [7, 11) is 0. The topological polar surface area (TPSA) is 123 Å². The number of aromatic nitrogens is 1. The van der Waals surface area contributed by atoms with Crippen LogP contribution in [-0.2, 0) is 16.1 Å². The lowest BCUT2D eigenvalue weighted by Gasteiger charge is -2.52. The highest BCUT2D eigenvalue weighted by molar-refractivity contribution is 6.00. The van der Waals surface area contributed by atoms with Gasteiger partial charge in [-0.25, -0.2) is 0 Å². The molecule has 1 aromatic heterocycles. The monoisotopic (exact) mass is 546 g/mol. The van der Waals surface area contributed by atoms with Crippen molar-refractivity contribution in [2.45, 2.75) is 88.9 Å². The van der Waals surface area contributed by atoms with Crippen molar-refractivity contribution in [3.63, 3.8) is 0 Å². The Bertz CT molecular complexity index is 891. The number of halogens is 2. The average molecular weight is 548 g/mol. The zero-order valence-electron chi connectivity index (χ0n) is 21.1. The summed E-state index contributed by atoms with van der Waals surface area (Å²) in [6.45, 7) is 4.58. The second-order valence-electron chi connectivity index (χ2n) is 10.3. The van der Waals surface area contributed by atoms with E-state index >= 15 is 0 Å². The van der Waals surface area contributed by atoms with Crippen molar-refractivity contribution in [3.05, 3.63) is 23.9 Å². The summed E-state index contributed by atoms with van der Waals surface area (Å²) in [5.74, 6) is 0.0965. The van der Waals surface area contributed by atoms with E-state index in [2.05, 4.69) is 17.1 Å². The Hall–Kier alpha value is -1.81. The van der Waals surface area contributed by atoms with Gasteiger partial charge in [0.1, 0.15) is 17.8 Å². The maximum Gasteiger partial charge on any atom is 0.311 e. The summed E-state index contributed by atoms with van der Waals surface area (Å²) in [5, 5.41) is 23.9. The van der Waals surface area contributed by atoms with Crippen LogP contribution in [0.3, 0.4) is 0 Å². The lowest BCUT2D eigenvalue weighted by molar-refractivity contribution is -0.893. The molecule has 0 aromatic carbocycles. The van der Waals surface area contributed by atoms with Crippen LogP contribution in [0, 0.1) is 5.92 Å². The first kappa shape index (κ1) is 30.4. The quantitative estimate of drug-likeness (QED) is 0.306. The van der Waals surface area contributed by atoms with Gasteiger partial charge < -0.3 is 20.5 Å². The summed E-state index contributed by atoms with van der Waals surface area (Å²) in [6, 6.07) is 2.71. The van der Waals surface area contributed by atoms with E-state index in [0.717, 1.165) is 48.8 Å². The van der Waals surface area contributed by atoms with Gasteiger partial charge in [0.2, 0.25) is 11.8 Å². The van der Waals surface area contributed by atoms with Gasteiger partial charge in [0.25, 0.3) is 0 Å². The number of hydrogen-bond donors (Lipinski definition) is 4. The highest BCUT2D eigenvalue weighted by Crippen LogP contribution is 2.36. The maximum absolute atomic E-state index is 13.7. The zero-order chi connectivity index (χ0) is 24.3. The molecule has 4 rings (SSSR count). The van der Waals surface area contributed by atoms with Gasteiger partial charge >= 0.3 is 5.82 Å². The number of rotatable bonds is 7. The third-order valence-corrected chi connectivity index (χ3v) is 8.08. The van der Waals surface area contributed by atoms with E-state index in [1.165, 1.54) is 6.42 Å². The molecule has 1 spiro atoms. The number of unbranched alkanes of at least 4 members (excludes halogenated alkanes) is 1. The van der Waals surface area contributed by atoms with E-state index in [1.54, 1.807) is 17.2 Å². The molecule has 2 amide bonds. The summed E-state index contributed by atoms with van der Waals surface area (Å²) < 4.78 is 0.915. The number of amides is 2. The van der Waals surface area contributed by atoms with Crippen molar-refractivity contribution in [1.82, 2.24) is 15.1 Å². The molecule has 1 aliphatic carbocycles. The van der Waals surface area contributed by atoms with Crippen LogP contribution in [0.15, 0.2) is 18.3 Å². The molecule has 36 heavy (non-hydrogen) atoms. The van der Waals surface area contributed by atoms with Crippen molar-refractivity contribution in [2.75, 3.05) is 25.4 Å². The number of anilines is 1. The third-order valence-electron chi connectivity index (χ3n) is 8.08. The van der Waals surface area contributed by atoms with Crippen LogP contribution in [0.25, 0.3) is 0 Å². The molecule has 9 nitrogen and oxygen atoms in total. The van der Waals surface area contributed by atoms with Crippen LogP contribution in [0.4, 0.5) is 5.82 Å². The van der Waals surface area contributed by atoms with Gasteiger partial charge in [-0.05, 0) is 44.1 Å². The van der Waals surface area contributed by atoms with E-state index in [9.17, 15) is 19.9 Å². The number of carbonyl (C=O) groups excluding carboxylic acids is 2. The minimum absolute atomic E-state index is 0. The minimum atomic E-state index is -0.858. The molecule has 3 heterocycles. The lowest BCUT2D eigenvalue weighted by Crippen LogP contribution is -2.75. The van der Waals surface area contributed by atoms with Gasteiger partial charge in [0, 0.05) is 37.8 Å². The fraction of sp³-hybridized carbons (Fsp3) is 0.720. The molecule has 3 aliphatic rings. The molecule has 1 saturated carbocycles. The first-order chi connectivity index (χ1) is 16.4. The van der Waals surface area contributed by atoms with Crippen molar-refractivity contribution >= 4 is 42.4 Å². The molecular formula is C25H42Cl2N5O4+. The van der Waals surface area contributed by atoms with Crippen molar-refractivity contribution < 1.29 is 24.6 Å². The van der Waals surface area contributed by atoms with Crippen LogP contribution in [-0.4, -0.2) is 69.2 Å². The highest BCUT2D eigenvalue weighted by Gasteiger charge is 2.55. The molecule has 0 radical (unpaired) electrons. The Kier molecular flexibility index (Phi) is 11.1. The van der Waals surface area contributed by atoms with Crippen LogP contribution >= 0.6 is 24.8 Å². The number of nitrogens with two attached hydrogens (primary N) is 1. The molecule has 3 fully saturated rings. The summed E-state index contributed by atoms with van der Waals surface area (Å²) in [4.78, 5) is 31.3. The normalized spacial score (nSPS) is 23.5. The first-order valence-corrected chi connectivity index (χ1v) is 12.9. The number of piperidine rings is 1. The summed E-state index contributed by atoms with van der Waals surface area (Å²) >= 11 is 0. The fourth-order valence-corrected chi connectivity index (χ4v) is 5.93. The Morgan fingerprint density at radius 3 is 2.44 bits per heavy atom. The number of pyridine rings is 1. The largest absolute Gasteiger partial charge is 0.390 e. The number of carbonyl (C=O) groups is 2. The van der Waals surface area contributed by atoms with E-state index in [4.69, 9.17) is 5.73 Å². The number of aliphatic hydroxyl groups excluding tert-OH is 1. The summed E-state index contributed by atoms with van der Waals surface area (Å²) in [5.41, 5.74) is 5.75. The Morgan fingerprint density at radius 1 is 1.17 bits per heavy atom. The second kappa shape index (κ2) is 13.1. The molecule has 2 aliphatic heterocycles. The predicted molar refractivity (Wildman–Crippen MR) is 141 cm³/mol. The standard InChI is InChI=1S/C25H39N5O4.2ClH/c1-2-3-13-29-23(32)21(22(31)19-7-5-4-6-8-19)27-24(33)25(29)11-14-28(15-12-25)16-18-9-10-20(26)30(34)17-18;;/h9-10,17,19,21-22,26,31,34H,2-8,11-16H2,1H3,(H,27,33);2*1H/p+1/t21-,22-;;/m1../s1. The van der Waals surface area contributed by atoms with E-state index < -0.39 is 17.7 Å². The molecule has 204 valence electrons. The number of likely N-dealkylation sites (tertiary alicyclic amines) is 1. The smallest absolute Gasteiger partial charge is 0.311 e. The van der Waals surface area contributed by atoms with Gasteiger partial charge in [-0.1, -0.05) is 37.3 Å². The van der Waals surface area contributed by atoms with Crippen LogP contribution < -0.4 is 15.8 Å². The number of nitrogens with zero attached hydrogens (tertiary/aromatic N) is 3. The second-order valence-corrected chi connectivity index (χ2v) is 10.3. The number of aliphatic hydroxyl groups is 1. The van der Waals surface area contributed by atoms with Gasteiger partial charge in [0.05, 0.1) is 6.10 Å². The van der Waals surface area contributed by atoms with Crippen molar-refractivity contribution in [1.29, 1.82) is 0 Å². The van der Waals surface area contributed by atoms with E-state index in [-0.39, 0.29) is 48.4 Å². The molecule has 11 heteroatoms. The SMILES string of the molecule is CCCCN1C(=O)[C@@H]([C@H](O)C2CCCCC2)NC(=O)C12CCN(Cc1ccc(N)[n+](O)c1)CC2.Cl.Cl. The van der Waals surface area contributed by atoms with Crippen molar-refractivity contribution in [2.24, 2.45) is 5.92 Å². The maximum atomic E-state index is 13.7. The van der Waals surface area contributed by atoms with Crippen molar-refractivity contribution in [3.8, 4) is 0 Å². The van der Waals surface area contributed by atoms with Crippen LogP contribution in [0.1, 0.15) is 70.3 Å². The fourth-order valence-electron chi connectivity index (χ4n) is 5.93. The van der Waals surface area contributed by atoms with E-state index in [1.807, 2.05) is 6.07 Å². The Balaban J connectivity index is 0.00000228. The number of nitrogens with one attached hydrogen (secondary N) is 1. The highest BCUT2D eigenvalue weighted by atomic mass is 35.5. The van der Waals surface area contributed by atoms with Crippen LogP contribution in [0.5, 0.6) is 0 Å². The molecule has 0 bridgehead atoms. The Labute approximate surface area is 226 Å². The summed E-state index contributed by atoms with van der Waals surface area (Å²) in [6.07, 6.45) is 8.77. The van der Waals surface area contributed by atoms with Gasteiger partial charge in [-0.3, -0.25) is 20.2 Å².